The number of nitrogens with zero attached hydrogens (tertiary/aromatic N) is 2. The molecule has 3 nitrogen and oxygen atoms in total. The zero-order chi connectivity index (χ0) is 36.7. The molecule has 0 saturated heterocycles. The molecule has 1 N–H and O–H groups in total. The van der Waals surface area contributed by atoms with Crippen LogP contribution >= 0.6 is 11.3 Å². The van der Waals surface area contributed by atoms with E-state index in [0.717, 1.165) is 28.4 Å². The summed E-state index contributed by atoms with van der Waals surface area (Å²) < 4.78 is 4.98. The molecule has 10 aromatic rings. The van der Waals surface area contributed by atoms with E-state index < -0.39 is 0 Å². The van der Waals surface area contributed by atoms with Gasteiger partial charge in [-0.05, 0) is 113 Å². The van der Waals surface area contributed by atoms with Gasteiger partial charge in [0.15, 0.2) is 0 Å². The molecule has 0 spiro atoms. The van der Waals surface area contributed by atoms with Gasteiger partial charge >= 0.3 is 0 Å². The van der Waals surface area contributed by atoms with Gasteiger partial charge in [0.1, 0.15) is 0 Å². The number of hydrogen-bond donors (Lipinski definition) is 1. The minimum atomic E-state index is -0.0553. The molecule has 0 radical (unpaired) electrons. The number of nitrogens with one attached hydrogen (secondary N) is 1. The lowest BCUT2D eigenvalue weighted by atomic mass is 9.82. The minimum Gasteiger partial charge on any atom is -0.355 e. The molecule has 2 heterocycles. The Labute approximate surface area is 324 Å². The fourth-order valence-corrected chi connectivity index (χ4v) is 10.0. The Balaban J connectivity index is 0.954. The van der Waals surface area contributed by atoms with Gasteiger partial charge < -0.3 is 14.8 Å². The molecule has 0 atom stereocenters. The minimum absolute atomic E-state index is 0.0553. The van der Waals surface area contributed by atoms with Gasteiger partial charge in [-0.3, -0.25) is 0 Å². The van der Waals surface area contributed by atoms with Gasteiger partial charge in [-0.2, -0.15) is 0 Å². The molecule has 2 aromatic heterocycles. The number of anilines is 5. The second-order valence-corrected chi connectivity index (χ2v) is 16.2. The number of hydrogen-bond acceptors (Lipinski definition) is 3. The van der Waals surface area contributed by atoms with Crippen molar-refractivity contribution in [3.05, 3.63) is 193 Å². The van der Waals surface area contributed by atoms with Gasteiger partial charge in [0, 0.05) is 70.5 Å². The van der Waals surface area contributed by atoms with E-state index in [0.29, 0.717) is 0 Å². The predicted octanol–water partition coefficient (Wildman–Crippen LogP) is 14.7. The first kappa shape index (κ1) is 31.9. The fraction of sp³-hybridized carbons (Fsp3) is 0.0588. The standard InChI is InChI=1S/C51H37N3S/c1-51(2)45-19-11-9-17-39(45)40-26-23-38(32-46(40)51)54-47-20-12-10-18-41(47)43-29-33(22-27-48(43)54)52-34-21-25-42-44-31-37(24-28-49(44)55-50(42)30-34)53(35-13-5-3-6-14-35)36-15-7-4-8-16-36/h3-32,52H,1-2H3. The number of aromatic nitrogens is 1. The molecule has 1 aliphatic rings. The second-order valence-electron chi connectivity index (χ2n) is 15.1. The highest BCUT2D eigenvalue weighted by molar-refractivity contribution is 7.25. The van der Waals surface area contributed by atoms with Crippen LogP contribution in [0.5, 0.6) is 0 Å². The third kappa shape index (κ3) is 5.02. The van der Waals surface area contributed by atoms with Crippen molar-refractivity contribution >= 4 is 81.8 Å². The van der Waals surface area contributed by atoms with Crippen molar-refractivity contribution in [1.82, 2.24) is 4.57 Å². The van der Waals surface area contributed by atoms with E-state index >= 15 is 0 Å². The zero-order valence-electron chi connectivity index (χ0n) is 30.6. The van der Waals surface area contributed by atoms with Crippen LogP contribution in [0, 0.1) is 0 Å². The highest BCUT2D eigenvalue weighted by atomic mass is 32.1. The quantitative estimate of drug-likeness (QED) is 0.184. The summed E-state index contributed by atoms with van der Waals surface area (Å²) >= 11 is 1.85. The van der Waals surface area contributed by atoms with E-state index in [-0.39, 0.29) is 5.41 Å². The summed E-state index contributed by atoms with van der Waals surface area (Å²) in [6.07, 6.45) is 0. The first-order valence-electron chi connectivity index (χ1n) is 18.9. The summed E-state index contributed by atoms with van der Waals surface area (Å²) in [5.74, 6) is 0. The van der Waals surface area contributed by atoms with Crippen LogP contribution in [-0.4, -0.2) is 4.57 Å². The van der Waals surface area contributed by atoms with Crippen molar-refractivity contribution in [2.45, 2.75) is 19.3 Å². The van der Waals surface area contributed by atoms with Crippen LogP contribution in [0.2, 0.25) is 0 Å². The van der Waals surface area contributed by atoms with E-state index in [4.69, 9.17) is 0 Å². The average Bonchev–Trinajstić information content (AvgIpc) is 3.83. The molecule has 8 aromatic carbocycles. The van der Waals surface area contributed by atoms with Crippen LogP contribution in [0.4, 0.5) is 28.4 Å². The Morgan fingerprint density at radius 1 is 0.455 bits per heavy atom. The van der Waals surface area contributed by atoms with E-state index in [1.807, 2.05) is 11.3 Å². The molecular formula is C51H37N3S. The number of fused-ring (bicyclic) bond motifs is 9. The Kier molecular flexibility index (Phi) is 7.07. The van der Waals surface area contributed by atoms with Gasteiger partial charge in [0.2, 0.25) is 0 Å². The molecule has 11 rings (SSSR count). The van der Waals surface area contributed by atoms with Crippen LogP contribution in [0.3, 0.4) is 0 Å². The highest BCUT2D eigenvalue weighted by Gasteiger charge is 2.35. The maximum absolute atomic E-state index is 3.76. The number of thiophene rings is 1. The van der Waals surface area contributed by atoms with Gasteiger partial charge in [-0.15, -0.1) is 11.3 Å². The van der Waals surface area contributed by atoms with E-state index in [1.165, 1.54) is 69.9 Å². The van der Waals surface area contributed by atoms with Gasteiger partial charge in [-0.1, -0.05) is 105 Å². The third-order valence-corrected chi connectivity index (χ3v) is 12.7. The number of para-hydroxylation sites is 3. The largest absolute Gasteiger partial charge is 0.355 e. The molecule has 55 heavy (non-hydrogen) atoms. The Hall–Kier alpha value is -6.62. The third-order valence-electron chi connectivity index (χ3n) is 11.5. The topological polar surface area (TPSA) is 20.2 Å². The SMILES string of the molecule is CC1(C)c2ccccc2-c2ccc(-n3c4ccccc4c4cc(Nc5ccc6c(c5)sc5ccc(N(c7ccccc7)c7ccccc7)cc56)ccc43)cc21. The molecule has 0 bridgehead atoms. The van der Waals surface area contributed by atoms with Crippen LogP contribution in [0.25, 0.3) is 58.8 Å². The van der Waals surface area contributed by atoms with Gasteiger partial charge in [0.05, 0.1) is 11.0 Å². The average molecular weight is 724 g/mol. The summed E-state index contributed by atoms with van der Waals surface area (Å²) in [6.45, 7) is 4.70. The van der Waals surface area contributed by atoms with Crippen molar-refractivity contribution in [2.24, 2.45) is 0 Å². The van der Waals surface area contributed by atoms with Crippen molar-refractivity contribution < 1.29 is 0 Å². The smallest absolute Gasteiger partial charge is 0.0542 e. The summed E-state index contributed by atoms with van der Waals surface area (Å²) in [5.41, 5.74) is 14.6. The Morgan fingerprint density at radius 3 is 1.95 bits per heavy atom. The van der Waals surface area contributed by atoms with E-state index in [9.17, 15) is 0 Å². The van der Waals surface area contributed by atoms with Crippen LogP contribution < -0.4 is 10.2 Å². The fourth-order valence-electron chi connectivity index (χ4n) is 8.91. The van der Waals surface area contributed by atoms with Crippen molar-refractivity contribution in [3.8, 4) is 16.8 Å². The summed E-state index contributed by atoms with van der Waals surface area (Å²) in [7, 11) is 0. The zero-order valence-corrected chi connectivity index (χ0v) is 31.4. The molecule has 0 unspecified atom stereocenters. The van der Waals surface area contributed by atoms with Crippen LogP contribution in [-0.2, 0) is 5.41 Å². The lowest BCUT2D eigenvalue weighted by molar-refractivity contribution is 0.660. The summed E-state index contributed by atoms with van der Waals surface area (Å²) in [5, 5.41) is 8.79. The van der Waals surface area contributed by atoms with Crippen LogP contribution in [0.1, 0.15) is 25.0 Å². The first-order chi connectivity index (χ1) is 27.0. The molecule has 0 saturated carbocycles. The molecule has 1 aliphatic carbocycles. The number of benzene rings is 8. The molecule has 262 valence electrons. The number of rotatable bonds is 6. The predicted molar refractivity (Wildman–Crippen MR) is 236 cm³/mol. The van der Waals surface area contributed by atoms with Crippen molar-refractivity contribution in [1.29, 1.82) is 0 Å². The van der Waals surface area contributed by atoms with Gasteiger partial charge in [0.25, 0.3) is 0 Å². The first-order valence-corrected chi connectivity index (χ1v) is 19.7. The Morgan fingerprint density at radius 2 is 1.13 bits per heavy atom. The summed E-state index contributed by atoms with van der Waals surface area (Å²) in [6, 6.07) is 66.3. The van der Waals surface area contributed by atoms with E-state index in [1.54, 1.807) is 0 Å². The highest BCUT2D eigenvalue weighted by Crippen LogP contribution is 2.49. The molecular weight excluding hydrogens is 687 g/mol. The lowest BCUT2D eigenvalue weighted by Gasteiger charge is -2.25. The molecule has 4 heteroatoms. The van der Waals surface area contributed by atoms with Crippen molar-refractivity contribution in [2.75, 3.05) is 10.2 Å². The lowest BCUT2D eigenvalue weighted by Crippen LogP contribution is -2.15. The van der Waals surface area contributed by atoms with Gasteiger partial charge in [-0.25, -0.2) is 0 Å². The Bertz CT molecular complexity index is 3060. The normalized spacial score (nSPS) is 13.1. The monoisotopic (exact) mass is 723 g/mol. The van der Waals surface area contributed by atoms with Crippen molar-refractivity contribution in [3.63, 3.8) is 0 Å². The second kappa shape index (κ2) is 12.2. The molecule has 0 amide bonds. The molecule has 0 aliphatic heterocycles. The maximum atomic E-state index is 3.76. The molecule has 0 fully saturated rings. The summed E-state index contributed by atoms with van der Waals surface area (Å²) in [4.78, 5) is 2.33. The van der Waals surface area contributed by atoms with Crippen LogP contribution in [0.15, 0.2) is 182 Å². The van der Waals surface area contributed by atoms with E-state index in [2.05, 4.69) is 211 Å². The maximum Gasteiger partial charge on any atom is 0.0542 e.